The molecule has 1 N–H and O–H groups in total. The average molecular weight is 141 g/mol. The van der Waals surface area contributed by atoms with E-state index >= 15 is 0 Å². The topological polar surface area (TPSA) is 21.3 Å². The van der Waals surface area contributed by atoms with Crippen LogP contribution in [0, 0.1) is 5.41 Å². The van der Waals surface area contributed by atoms with Gasteiger partial charge in [-0.3, -0.25) is 0 Å². The van der Waals surface area contributed by atoms with Crippen molar-refractivity contribution in [1.29, 1.82) is 0 Å². The minimum absolute atomic E-state index is 0.249. The Morgan fingerprint density at radius 2 is 2.30 bits per heavy atom. The van der Waals surface area contributed by atoms with Crippen molar-refractivity contribution >= 4 is 0 Å². The molecule has 1 aliphatic rings. The van der Waals surface area contributed by atoms with E-state index in [1.54, 1.807) is 0 Å². The zero-order valence-electron chi connectivity index (χ0n) is 6.74. The highest BCUT2D eigenvalue weighted by Gasteiger charge is 2.20. The van der Waals surface area contributed by atoms with Gasteiger partial charge >= 0.3 is 0 Å². The number of hydrogen-bond acceptors (Lipinski definition) is 2. The number of hydrogen-bond donors (Lipinski definition) is 1. The third-order valence-corrected chi connectivity index (χ3v) is 1.59. The van der Waals surface area contributed by atoms with E-state index in [9.17, 15) is 0 Å². The van der Waals surface area contributed by atoms with Crippen LogP contribution < -0.4 is 5.32 Å². The Bertz CT molecular complexity index is 140. The summed E-state index contributed by atoms with van der Waals surface area (Å²) in [6, 6.07) is 0. The SMILES string of the molecule is C=C1COCC(C)(C)CN1. The normalized spacial score (nSPS) is 25.2. The van der Waals surface area contributed by atoms with Gasteiger partial charge in [-0.2, -0.15) is 0 Å². The van der Waals surface area contributed by atoms with Gasteiger partial charge in [0.25, 0.3) is 0 Å². The summed E-state index contributed by atoms with van der Waals surface area (Å²) in [6.45, 7) is 10.6. The predicted octanol–water partition coefficient (Wildman–Crippen LogP) is 1.15. The molecule has 1 saturated heterocycles. The van der Waals surface area contributed by atoms with Gasteiger partial charge in [0.1, 0.15) is 0 Å². The highest BCUT2D eigenvalue weighted by atomic mass is 16.5. The second kappa shape index (κ2) is 2.62. The molecular formula is C8H15NO. The Morgan fingerprint density at radius 1 is 1.60 bits per heavy atom. The lowest BCUT2D eigenvalue weighted by atomic mass is 9.95. The molecule has 1 rings (SSSR count). The highest BCUT2D eigenvalue weighted by molar-refractivity contribution is 4.95. The Kier molecular flexibility index (Phi) is 2.00. The molecule has 2 nitrogen and oxygen atoms in total. The maximum atomic E-state index is 5.36. The fourth-order valence-electron chi connectivity index (χ4n) is 0.917. The van der Waals surface area contributed by atoms with Gasteiger partial charge in [0, 0.05) is 17.7 Å². The summed E-state index contributed by atoms with van der Waals surface area (Å²) in [7, 11) is 0. The van der Waals surface area contributed by atoms with Crippen LogP contribution in [0.5, 0.6) is 0 Å². The summed E-state index contributed by atoms with van der Waals surface area (Å²) in [5, 5.41) is 3.22. The van der Waals surface area contributed by atoms with Gasteiger partial charge in [-0.15, -0.1) is 0 Å². The largest absolute Gasteiger partial charge is 0.386 e. The van der Waals surface area contributed by atoms with Crippen molar-refractivity contribution in [1.82, 2.24) is 5.32 Å². The van der Waals surface area contributed by atoms with Gasteiger partial charge in [0.2, 0.25) is 0 Å². The maximum Gasteiger partial charge on any atom is 0.0856 e. The molecule has 10 heavy (non-hydrogen) atoms. The lowest BCUT2D eigenvalue weighted by Crippen LogP contribution is -2.28. The molecule has 0 aromatic carbocycles. The first-order valence-electron chi connectivity index (χ1n) is 3.60. The summed E-state index contributed by atoms with van der Waals surface area (Å²) in [5.74, 6) is 0. The van der Waals surface area contributed by atoms with Crippen LogP contribution >= 0.6 is 0 Å². The molecule has 0 bridgehead atoms. The van der Waals surface area contributed by atoms with Gasteiger partial charge in [-0.1, -0.05) is 20.4 Å². The first-order chi connectivity index (χ1) is 4.60. The van der Waals surface area contributed by atoms with Crippen LogP contribution in [-0.2, 0) is 4.74 Å². The predicted molar refractivity (Wildman–Crippen MR) is 41.7 cm³/mol. The van der Waals surface area contributed by atoms with Gasteiger partial charge in [-0.25, -0.2) is 0 Å². The lowest BCUT2D eigenvalue weighted by Gasteiger charge is -2.20. The van der Waals surface area contributed by atoms with Crippen LogP contribution in [0.1, 0.15) is 13.8 Å². The molecule has 1 heterocycles. The second-order valence-electron chi connectivity index (χ2n) is 3.61. The fourth-order valence-corrected chi connectivity index (χ4v) is 0.917. The summed E-state index contributed by atoms with van der Waals surface area (Å²) in [4.78, 5) is 0. The smallest absolute Gasteiger partial charge is 0.0856 e. The van der Waals surface area contributed by atoms with Gasteiger partial charge in [0.15, 0.2) is 0 Å². The summed E-state index contributed by atoms with van der Waals surface area (Å²) < 4.78 is 5.36. The molecule has 0 saturated carbocycles. The van der Waals surface area contributed by atoms with Crippen LogP contribution in [0.2, 0.25) is 0 Å². The van der Waals surface area contributed by atoms with Crippen LogP contribution in [-0.4, -0.2) is 19.8 Å². The van der Waals surface area contributed by atoms with E-state index < -0.39 is 0 Å². The summed E-state index contributed by atoms with van der Waals surface area (Å²) in [6.07, 6.45) is 0. The third-order valence-electron chi connectivity index (χ3n) is 1.59. The van der Waals surface area contributed by atoms with Crippen molar-refractivity contribution in [2.75, 3.05) is 19.8 Å². The van der Waals surface area contributed by atoms with E-state index in [2.05, 4.69) is 25.7 Å². The van der Waals surface area contributed by atoms with Crippen LogP contribution in [0.3, 0.4) is 0 Å². The minimum Gasteiger partial charge on any atom is -0.386 e. The molecule has 1 aliphatic heterocycles. The van der Waals surface area contributed by atoms with Crippen molar-refractivity contribution in [2.45, 2.75) is 13.8 Å². The molecular weight excluding hydrogens is 126 g/mol. The van der Waals surface area contributed by atoms with E-state index in [0.717, 1.165) is 18.8 Å². The summed E-state index contributed by atoms with van der Waals surface area (Å²) in [5.41, 5.74) is 1.24. The molecule has 0 radical (unpaired) electrons. The van der Waals surface area contributed by atoms with Crippen molar-refractivity contribution in [2.24, 2.45) is 5.41 Å². The Labute approximate surface area is 62.3 Å². The first-order valence-corrected chi connectivity index (χ1v) is 3.60. The van der Waals surface area contributed by atoms with Gasteiger partial charge < -0.3 is 10.1 Å². The lowest BCUT2D eigenvalue weighted by molar-refractivity contribution is 0.0949. The molecule has 0 unspecified atom stereocenters. The monoisotopic (exact) mass is 141 g/mol. The van der Waals surface area contributed by atoms with E-state index in [1.807, 2.05) is 0 Å². The van der Waals surface area contributed by atoms with E-state index in [1.165, 1.54) is 0 Å². The van der Waals surface area contributed by atoms with Crippen LogP contribution in [0.4, 0.5) is 0 Å². The van der Waals surface area contributed by atoms with Gasteiger partial charge in [0.05, 0.1) is 13.2 Å². The van der Waals surface area contributed by atoms with Crippen molar-refractivity contribution in [3.63, 3.8) is 0 Å². The first kappa shape index (κ1) is 7.61. The number of ether oxygens (including phenoxy) is 1. The molecule has 58 valence electrons. The Balaban J connectivity index is 2.48. The Morgan fingerprint density at radius 3 is 3.00 bits per heavy atom. The van der Waals surface area contributed by atoms with Crippen LogP contribution in [0.15, 0.2) is 12.3 Å². The number of rotatable bonds is 0. The molecule has 0 aliphatic carbocycles. The van der Waals surface area contributed by atoms with Crippen LogP contribution in [0.25, 0.3) is 0 Å². The third kappa shape index (κ3) is 2.03. The molecule has 2 heteroatoms. The summed E-state index contributed by atoms with van der Waals surface area (Å²) >= 11 is 0. The second-order valence-corrected chi connectivity index (χ2v) is 3.61. The van der Waals surface area contributed by atoms with E-state index in [-0.39, 0.29) is 5.41 Å². The zero-order valence-corrected chi connectivity index (χ0v) is 6.74. The highest BCUT2D eigenvalue weighted by Crippen LogP contribution is 2.16. The van der Waals surface area contributed by atoms with Crippen molar-refractivity contribution in [3.05, 3.63) is 12.3 Å². The quantitative estimate of drug-likeness (QED) is 0.546. The van der Waals surface area contributed by atoms with Crippen molar-refractivity contribution < 1.29 is 4.74 Å². The zero-order chi connectivity index (χ0) is 7.61. The minimum atomic E-state index is 0.249. The number of nitrogens with one attached hydrogen (secondary N) is 1. The maximum absolute atomic E-state index is 5.36. The molecule has 0 aromatic rings. The molecule has 0 atom stereocenters. The molecule has 0 spiro atoms. The average Bonchev–Trinajstić information content (AvgIpc) is 1.94. The molecule has 0 aromatic heterocycles. The molecule has 0 amide bonds. The van der Waals surface area contributed by atoms with Crippen molar-refractivity contribution in [3.8, 4) is 0 Å². The van der Waals surface area contributed by atoms with E-state index in [0.29, 0.717) is 6.61 Å². The van der Waals surface area contributed by atoms with E-state index in [4.69, 9.17) is 4.74 Å². The molecule has 1 fully saturated rings. The Hall–Kier alpha value is -0.500. The fraction of sp³-hybridized carbons (Fsp3) is 0.750. The van der Waals surface area contributed by atoms with Gasteiger partial charge in [-0.05, 0) is 0 Å². The standard InChI is InChI=1S/C8H15NO/c1-7-4-10-6-8(2,3)5-9-7/h9H,1,4-6H2,2-3H3.